The molecule has 3 heterocycles. The number of carbonyl (C=O) groups excluding carboxylic acids is 1. The second-order valence-electron chi connectivity index (χ2n) is 7.08. The van der Waals surface area contributed by atoms with E-state index in [0.717, 1.165) is 12.8 Å². The van der Waals surface area contributed by atoms with Crippen LogP contribution in [0.25, 0.3) is 0 Å². The molecule has 148 valence electrons. The van der Waals surface area contributed by atoms with E-state index in [2.05, 4.69) is 14.9 Å². The highest BCUT2D eigenvalue weighted by atomic mass is 32.2. The number of nitrogens with zero attached hydrogens (tertiary/aromatic N) is 3. The molecule has 0 unspecified atom stereocenters. The highest BCUT2D eigenvalue weighted by Crippen LogP contribution is 2.31. The van der Waals surface area contributed by atoms with E-state index in [9.17, 15) is 13.2 Å². The van der Waals surface area contributed by atoms with E-state index >= 15 is 0 Å². The van der Waals surface area contributed by atoms with Crippen LogP contribution >= 0.6 is 0 Å². The van der Waals surface area contributed by atoms with Gasteiger partial charge in [0, 0.05) is 19.0 Å². The molecule has 0 radical (unpaired) electrons. The van der Waals surface area contributed by atoms with E-state index in [1.54, 1.807) is 30.0 Å². The Labute approximate surface area is 163 Å². The van der Waals surface area contributed by atoms with Gasteiger partial charge in [-0.05, 0) is 38.3 Å². The molecule has 2 aliphatic heterocycles. The van der Waals surface area contributed by atoms with Crippen molar-refractivity contribution in [1.29, 1.82) is 0 Å². The zero-order valence-corrected chi connectivity index (χ0v) is 16.6. The molecule has 28 heavy (non-hydrogen) atoms. The van der Waals surface area contributed by atoms with Crippen molar-refractivity contribution in [3.8, 4) is 0 Å². The highest BCUT2D eigenvalue weighted by Gasteiger charge is 2.34. The van der Waals surface area contributed by atoms with Crippen molar-refractivity contribution in [1.82, 2.24) is 10.1 Å². The maximum atomic E-state index is 13.1. The summed E-state index contributed by atoms with van der Waals surface area (Å²) in [4.78, 5) is 15.0. The van der Waals surface area contributed by atoms with Crippen LogP contribution in [0.2, 0.25) is 0 Å². The Hall–Kier alpha value is -2.68. The number of fused-ring (bicyclic) bond motifs is 1. The van der Waals surface area contributed by atoms with Crippen LogP contribution in [0.15, 0.2) is 38.1 Å². The second kappa shape index (κ2) is 7.05. The van der Waals surface area contributed by atoms with Gasteiger partial charge in [-0.25, -0.2) is 0 Å². The van der Waals surface area contributed by atoms with E-state index in [4.69, 9.17) is 4.52 Å². The number of likely N-dealkylation sites (tertiary alicyclic amines) is 1. The summed E-state index contributed by atoms with van der Waals surface area (Å²) < 4.78 is 34.2. The second-order valence-corrected chi connectivity index (χ2v) is 8.65. The van der Waals surface area contributed by atoms with Crippen LogP contribution in [0.1, 0.15) is 41.6 Å². The SMILES string of the molecule is CCc1noc(C)c1C(=O)N1CCC[C@H](C2=NS(=O)(=O)c3ccccc3N2)C1. The summed E-state index contributed by atoms with van der Waals surface area (Å²) in [6, 6.07) is 6.71. The van der Waals surface area contributed by atoms with Gasteiger partial charge in [-0.15, -0.1) is 4.40 Å². The van der Waals surface area contributed by atoms with Gasteiger partial charge in [0.05, 0.1) is 11.4 Å². The monoisotopic (exact) mass is 402 g/mol. The first kappa shape index (κ1) is 18.7. The molecule has 1 saturated heterocycles. The largest absolute Gasteiger partial charge is 0.361 e. The first-order valence-electron chi connectivity index (χ1n) is 9.36. The Kier molecular flexibility index (Phi) is 4.70. The van der Waals surface area contributed by atoms with E-state index < -0.39 is 10.0 Å². The Balaban J connectivity index is 1.59. The molecule has 1 atom stereocenters. The molecule has 0 bridgehead atoms. The van der Waals surface area contributed by atoms with Crippen molar-refractivity contribution in [2.24, 2.45) is 10.3 Å². The number of sulfonamides is 1. The molecule has 9 heteroatoms. The third-order valence-electron chi connectivity index (χ3n) is 5.22. The number of hydrogen-bond donors (Lipinski definition) is 1. The van der Waals surface area contributed by atoms with E-state index in [1.165, 1.54) is 6.07 Å². The Bertz CT molecular complexity index is 1060. The molecule has 2 aliphatic rings. The molecule has 0 saturated carbocycles. The molecule has 4 rings (SSSR count). The fraction of sp³-hybridized carbons (Fsp3) is 0.421. The topological polar surface area (TPSA) is 105 Å². The number of nitrogens with one attached hydrogen (secondary N) is 1. The number of para-hydroxylation sites is 1. The van der Waals surface area contributed by atoms with Gasteiger partial charge >= 0.3 is 0 Å². The Morgan fingerprint density at radius 3 is 2.93 bits per heavy atom. The van der Waals surface area contributed by atoms with Gasteiger partial charge < -0.3 is 14.7 Å². The van der Waals surface area contributed by atoms with Crippen molar-refractivity contribution >= 4 is 27.5 Å². The average molecular weight is 402 g/mol. The van der Waals surface area contributed by atoms with Crippen molar-refractivity contribution in [3.05, 3.63) is 41.3 Å². The summed E-state index contributed by atoms with van der Waals surface area (Å²) in [6.45, 7) is 4.67. The minimum Gasteiger partial charge on any atom is -0.361 e. The van der Waals surface area contributed by atoms with Crippen LogP contribution in [0.4, 0.5) is 5.69 Å². The van der Waals surface area contributed by atoms with E-state index in [1.807, 2.05) is 6.92 Å². The molecule has 8 nitrogen and oxygen atoms in total. The summed E-state index contributed by atoms with van der Waals surface area (Å²) in [5.74, 6) is 0.605. The lowest BCUT2D eigenvalue weighted by Crippen LogP contribution is -2.45. The van der Waals surface area contributed by atoms with Crippen molar-refractivity contribution < 1.29 is 17.7 Å². The smallest absolute Gasteiger partial charge is 0.286 e. The maximum Gasteiger partial charge on any atom is 0.286 e. The van der Waals surface area contributed by atoms with Crippen LogP contribution in [0.3, 0.4) is 0 Å². The van der Waals surface area contributed by atoms with Gasteiger partial charge in [0.1, 0.15) is 22.1 Å². The van der Waals surface area contributed by atoms with Crippen molar-refractivity contribution in [3.63, 3.8) is 0 Å². The number of amidine groups is 1. The number of aryl methyl sites for hydroxylation is 2. The van der Waals surface area contributed by atoms with Crippen LogP contribution in [-0.2, 0) is 16.4 Å². The normalized spacial score (nSPS) is 20.9. The number of benzene rings is 1. The molecule has 1 aromatic heterocycles. The first-order chi connectivity index (χ1) is 13.4. The van der Waals surface area contributed by atoms with Gasteiger partial charge in [0.15, 0.2) is 0 Å². The van der Waals surface area contributed by atoms with Crippen LogP contribution < -0.4 is 5.32 Å². The summed E-state index contributed by atoms with van der Waals surface area (Å²) in [5, 5.41) is 7.12. The molecule has 1 aromatic carbocycles. The van der Waals surface area contributed by atoms with E-state index in [-0.39, 0.29) is 16.7 Å². The predicted octanol–water partition coefficient (Wildman–Crippen LogP) is 2.61. The van der Waals surface area contributed by atoms with Gasteiger partial charge in [0.25, 0.3) is 15.9 Å². The quantitative estimate of drug-likeness (QED) is 0.846. The molecule has 1 amide bonds. The third-order valence-corrected chi connectivity index (χ3v) is 6.57. The van der Waals surface area contributed by atoms with Crippen molar-refractivity contribution in [2.75, 3.05) is 18.4 Å². The molecule has 2 aromatic rings. The summed E-state index contributed by atoms with van der Waals surface area (Å²) in [7, 11) is -3.74. The lowest BCUT2D eigenvalue weighted by atomic mass is 9.95. The number of anilines is 1. The number of hydrogen-bond acceptors (Lipinski definition) is 6. The van der Waals surface area contributed by atoms with E-state index in [0.29, 0.717) is 48.1 Å². The zero-order chi connectivity index (χ0) is 19.9. The van der Waals surface area contributed by atoms with Gasteiger partial charge in [-0.3, -0.25) is 4.79 Å². The number of carbonyl (C=O) groups is 1. The minimum absolute atomic E-state index is 0.125. The zero-order valence-electron chi connectivity index (χ0n) is 15.8. The predicted molar refractivity (Wildman–Crippen MR) is 104 cm³/mol. The van der Waals surface area contributed by atoms with Gasteiger partial charge in [-0.1, -0.05) is 24.2 Å². The lowest BCUT2D eigenvalue weighted by molar-refractivity contribution is 0.0700. The molecular formula is C19H22N4O4S. The third kappa shape index (κ3) is 3.19. The standard InChI is InChI=1S/C19H22N4O4S/c1-3-14-17(12(2)27-21-14)19(24)23-10-6-7-13(11-23)18-20-15-8-4-5-9-16(15)28(25,26)22-18/h4-5,8-9,13H,3,6-7,10-11H2,1-2H3,(H,20,22)/t13-/m0/s1. The fourth-order valence-electron chi connectivity index (χ4n) is 3.79. The Morgan fingerprint density at radius 1 is 1.36 bits per heavy atom. The van der Waals surface area contributed by atoms with Crippen molar-refractivity contribution in [2.45, 2.75) is 38.0 Å². The number of amides is 1. The minimum atomic E-state index is -3.74. The van der Waals surface area contributed by atoms with Crippen LogP contribution in [-0.4, -0.2) is 43.3 Å². The molecule has 1 fully saturated rings. The molecule has 1 N–H and O–H groups in total. The van der Waals surface area contributed by atoms with Gasteiger partial charge in [0.2, 0.25) is 0 Å². The summed E-state index contributed by atoms with van der Waals surface area (Å²) >= 11 is 0. The molecule has 0 spiro atoms. The first-order valence-corrected chi connectivity index (χ1v) is 10.8. The number of aromatic nitrogens is 1. The summed E-state index contributed by atoms with van der Waals surface area (Å²) in [6.07, 6.45) is 2.14. The number of piperidine rings is 1. The highest BCUT2D eigenvalue weighted by molar-refractivity contribution is 7.90. The average Bonchev–Trinajstić information content (AvgIpc) is 3.07. The Morgan fingerprint density at radius 2 is 2.14 bits per heavy atom. The molecule has 0 aliphatic carbocycles. The van der Waals surface area contributed by atoms with Crippen LogP contribution in [0.5, 0.6) is 0 Å². The molecular weight excluding hydrogens is 380 g/mol. The summed E-state index contributed by atoms with van der Waals surface area (Å²) in [5.41, 5.74) is 1.69. The fourth-order valence-corrected chi connectivity index (χ4v) is 4.99. The van der Waals surface area contributed by atoms with Crippen LogP contribution in [0, 0.1) is 12.8 Å². The van der Waals surface area contributed by atoms with Gasteiger partial charge in [-0.2, -0.15) is 8.42 Å². The maximum absolute atomic E-state index is 13.1. The number of rotatable bonds is 3. The lowest BCUT2D eigenvalue weighted by Gasteiger charge is -2.34.